The van der Waals surface area contributed by atoms with Gasteiger partial charge in [0.25, 0.3) is 0 Å². The SMILES string of the molecule is CCOC(=O)c1cc(C(F)(C(F)(F)F)C(F)(F)F)[nH]n1. The maximum Gasteiger partial charge on any atom is 0.437 e. The first-order valence-corrected chi connectivity index (χ1v) is 5.00. The van der Waals surface area contributed by atoms with Gasteiger partial charge in [0.2, 0.25) is 0 Å². The number of alkyl halides is 7. The number of esters is 1. The number of carbonyl (C=O) groups excluding carboxylic acids is 1. The fraction of sp³-hybridized carbons (Fsp3) is 0.556. The van der Waals surface area contributed by atoms with Crippen LogP contribution in [0.25, 0.3) is 0 Å². The van der Waals surface area contributed by atoms with E-state index in [2.05, 4.69) is 9.84 Å². The van der Waals surface area contributed by atoms with Crippen molar-refractivity contribution in [3.8, 4) is 0 Å². The highest BCUT2D eigenvalue weighted by Gasteiger charge is 2.74. The summed E-state index contributed by atoms with van der Waals surface area (Å²) in [5.41, 5.74) is -8.49. The fourth-order valence-corrected chi connectivity index (χ4v) is 1.27. The number of aromatic nitrogens is 2. The number of nitrogens with one attached hydrogen (secondary N) is 1. The Morgan fingerprint density at radius 3 is 2.10 bits per heavy atom. The summed E-state index contributed by atoms with van der Waals surface area (Å²) in [4.78, 5) is 11.1. The van der Waals surface area contributed by atoms with Crippen molar-refractivity contribution >= 4 is 5.97 Å². The van der Waals surface area contributed by atoms with E-state index in [1.54, 1.807) is 0 Å². The Morgan fingerprint density at radius 2 is 1.70 bits per heavy atom. The molecule has 1 heterocycles. The molecule has 0 saturated carbocycles. The second kappa shape index (κ2) is 4.94. The molecule has 11 heteroatoms. The van der Waals surface area contributed by atoms with E-state index in [0.29, 0.717) is 0 Å². The number of aromatic amines is 1. The van der Waals surface area contributed by atoms with Gasteiger partial charge in [-0.25, -0.2) is 9.18 Å². The number of ether oxygens (including phenoxy) is 1. The molecule has 0 aromatic carbocycles. The van der Waals surface area contributed by atoms with Crippen molar-refractivity contribution in [2.24, 2.45) is 0 Å². The van der Waals surface area contributed by atoms with E-state index < -0.39 is 35.4 Å². The van der Waals surface area contributed by atoms with Gasteiger partial charge in [0.05, 0.1) is 12.3 Å². The minimum atomic E-state index is -6.27. The molecule has 0 bridgehead atoms. The molecule has 1 rings (SSSR count). The van der Waals surface area contributed by atoms with E-state index in [0.717, 1.165) is 0 Å². The molecule has 114 valence electrons. The van der Waals surface area contributed by atoms with Crippen LogP contribution in [0.1, 0.15) is 23.1 Å². The number of hydrogen-bond donors (Lipinski definition) is 1. The van der Waals surface area contributed by atoms with Crippen molar-refractivity contribution in [1.29, 1.82) is 0 Å². The van der Waals surface area contributed by atoms with Gasteiger partial charge in [-0.05, 0) is 13.0 Å². The standard InChI is InChI=1S/C9H7F7N2O2/c1-2-20-6(19)4-3-5(18-17-4)7(10,8(11,12)13)9(14,15)16/h3H,2H2,1H3,(H,17,18). The molecule has 0 aliphatic heterocycles. The Morgan fingerprint density at radius 1 is 1.20 bits per heavy atom. The number of H-pyrrole nitrogens is 1. The summed E-state index contributed by atoms with van der Waals surface area (Å²) < 4.78 is 92.2. The van der Waals surface area contributed by atoms with Crippen molar-refractivity contribution in [3.05, 3.63) is 17.5 Å². The molecule has 1 aromatic rings. The van der Waals surface area contributed by atoms with Crippen LogP contribution >= 0.6 is 0 Å². The van der Waals surface area contributed by atoms with Crippen LogP contribution in [0, 0.1) is 0 Å². The second-order valence-electron chi connectivity index (χ2n) is 3.54. The largest absolute Gasteiger partial charge is 0.461 e. The summed E-state index contributed by atoms with van der Waals surface area (Å²) in [7, 11) is 0. The van der Waals surface area contributed by atoms with Gasteiger partial charge in [-0.3, -0.25) is 5.10 Å². The molecule has 0 spiro atoms. The Kier molecular flexibility index (Phi) is 4.02. The quantitative estimate of drug-likeness (QED) is 0.690. The van der Waals surface area contributed by atoms with Crippen molar-refractivity contribution in [2.45, 2.75) is 24.9 Å². The van der Waals surface area contributed by atoms with Crippen LogP contribution in [0.3, 0.4) is 0 Å². The van der Waals surface area contributed by atoms with E-state index in [-0.39, 0.29) is 12.7 Å². The highest BCUT2D eigenvalue weighted by molar-refractivity contribution is 5.87. The molecule has 0 radical (unpaired) electrons. The summed E-state index contributed by atoms with van der Waals surface area (Å²) in [5, 5.41) is 4.12. The summed E-state index contributed by atoms with van der Waals surface area (Å²) >= 11 is 0. The lowest BCUT2D eigenvalue weighted by atomic mass is 10.0. The van der Waals surface area contributed by atoms with Crippen LogP contribution in [0.15, 0.2) is 6.07 Å². The maximum absolute atomic E-state index is 13.5. The van der Waals surface area contributed by atoms with Gasteiger partial charge in [0.15, 0.2) is 5.69 Å². The summed E-state index contributed by atoms with van der Waals surface area (Å²) in [6, 6.07) is 0.0129. The third kappa shape index (κ3) is 2.56. The van der Waals surface area contributed by atoms with Crippen LogP contribution in [-0.2, 0) is 10.4 Å². The van der Waals surface area contributed by atoms with Crippen LogP contribution in [0.4, 0.5) is 30.7 Å². The normalized spacial score (nSPS) is 13.4. The molecule has 0 atom stereocenters. The number of carbonyl (C=O) groups is 1. The predicted octanol–water partition coefficient (Wildman–Crippen LogP) is 2.88. The monoisotopic (exact) mass is 308 g/mol. The zero-order valence-electron chi connectivity index (χ0n) is 9.69. The van der Waals surface area contributed by atoms with Gasteiger partial charge in [0.1, 0.15) is 0 Å². The molecule has 0 aliphatic rings. The molecular formula is C9H7F7N2O2. The van der Waals surface area contributed by atoms with Gasteiger partial charge >= 0.3 is 24.0 Å². The van der Waals surface area contributed by atoms with Crippen molar-refractivity contribution in [3.63, 3.8) is 0 Å². The Labute approximate surface area is 106 Å². The number of halogens is 7. The third-order valence-corrected chi connectivity index (χ3v) is 2.21. The first kappa shape index (κ1) is 16.2. The van der Waals surface area contributed by atoms with E-state index in [1.807, 2.05) is 0 Å². The topological polar surface area (TPSA) is 55.0 Å². The Bertz CT molecular complexity index is 477. The molecule has 1 aromatic heterocycles. The fourth-order valence-electron chi connectivity index (χ4n) is 1.27. The van der Waals surface area contributed by atoms with Crippen LogP contribution in [0.5, 0.6) is 0 Å². The van der Waals surface area contributed by atoms with Gasteiger partial charge in [-0.1, -0.05) is 0 Å². The molecular weight excluding hydrogens is 301 g/mol. The van der Waals surface area contributed by atoms with Crippen molar-refractivity contribution in [1.82, 2.24) is 10.2 Å². The first-order chi connectivity index (χ1) is 8.95. The zero-order valence-corrected chi connectivity index (χ0v) is 9.69. The molecule has 0 saturated heterocycles. The van der Waals surface area contributed by atoms with E-state index in [1.165, 1.54) is 12.0 Å². The number of hydrogen-bond acceptors (Lipinski definition) is 3. The molecule has 0 aliphatic carbocycles. The summed E-state index contributed by atoms with van der Waals surface area (Å²) in [5.74, 6) is -1.28. The Balaban J connectivity index is 3.29. The lowest BCUT2D eigenvalue weighted by Crippen LogP contribution is -2.50. The smallest absolute Gasteiger partial charge is 0.437 e. The summed E-state index contributed by atoms with van der Waals surface area (Å²) in [6.45, 7) is 1.18. The van der Waals surface area contributed by atoms with Gasteiger partial charge in [0, 0.05) is 0 Å². The molecule has 0 unspecified atom stereocenters. The number of nitrogens with zero attached hydrogens (tertiary/aromatic N) is 1. The third-order valence-electron chi connectivity index (χ3n) is 2.21. The predicted molar refractivity (Wildman–Crippen MR) is 49.4 cm³/mol. The van der Waals surface area contributed by atoms with E-state index in [4.69, 9.17) is 0 Å². The van der Waals surface area contributed by atoms with E-state index in [9.17, 15) is 35.5 Å². The van der Waals surface area contributed by atoms with Gasteiger partial charge in [-0.2, -0.15) is 31.4 Å². The summed E-state index contributed by atoms with van der Waals surface area (Å²) in [6.07, 6.45) is -12.5. The first-order valence-electron chi connectivity index (χ1n) is 5.00. The molecule has 4 nitrogen and oxygen atoms in total. The molecule has 20 heavy (non-hydrogen) atoms. The minimum Gasteiger partial charge on any atom is -0.461 e. The number of rotatable bonds is 3. The molecule has 1 N–H and O–H groups in total. The lowest BCUT2D eigenvalue weighted by Gasteiger charge is -2.28. The second-order valence-corrected chi connectivity index (χ2v) is 3.54. The van der Waals surface area contributed by atoms with Crippen molar-refractivity contribution < 1.29 is 40.3 Å². The van der Waals surface area contributed by atoms with Crippen LogP contribution in [-0.4, -0.2) is 35.1 Å². The average Bonchev–Trinajstić information content (AvgIpc) is 2.74. The average molecular weight is 308 g/mol. The molecule has 0 fully saturated rings. The lowest BCUT2D eigenvalue weighted by molar-refractivity contribution is -0.350. The zero-order chi connectivity index (χ0) is 15.8. The van der Waals surface area contributed by atoms with Crippen molar-refractivity contribution in [2.75, 3.05) is 6.61 Å². The molecule has 0 amide bonds. The Hall–Kier alpha value is -1.81. The minimum absolute atomic E-state index is 0.0129. The van der Waals surface area contributed by atoms with Gasteiger partial charge in [-0.15, -0.1) is 0 Å². The van der Waals surface area contributed by atoms with Gasteiger partial charge < -0.3 is 4.74 Å². The highest BCUT2D eigenvalue weighted by Crippen LogP contribution is 2.52. The maximum atomic E-state index is 13.5. The van der Waals surface area contributed by atoms with E-state index >= 15 is 0 Å². The van der Waals surface area contributed by atoms with Crippen LogP contribution in [0.2, 0.25) is 0 Å². The highest BCUT2D eigenvalue weighted by atomic mass is 19.4. The van der Waals surface area contributed by atoms with Crippen LogP contribution < -0.4 is 0 Å².